The van der Waals surface area contributed by atoms with Crippen LogP contribution >= 0.6 is 0 Å². The van der Waals surface area contributed by atoms with Crippen LogP contribution in [0.5, 0.6) is 0 Å². The van der Waals surface area contributed by atoms with Crippen molar-refractivity contribution in [3.63, 3.8) is 0 Å². The first-order valence-electron chi connectivity index (χ1n) is 9.06. The van der Waals surface area contributed by atoms with Gasteiger partial charge in [0.15, 0.2) is 5.69 Å². The zero-order chi connectivity index (χ0) is 21.3. The molecule has 0 radical (unpaired) electrons. The predicted octanol–water partition coefficient (Wildman–Crippen LogP) is 1.97. The average molecular weight is 403 g/mol. The summed E-state index contributed by atoms with van der Waals surface area (Å²) in [6, 6.07) is 15.7. The second-order valence-electron chi connectivity index (χ2n) is 6.56. The summed E-state index contributed by atoms with van der Waals surface area (Å²) in [7, 11) is 1.46. The summed E-state index contributed by atoms with van der Waals surface area (Å²) in [5.74, 6) is -0.938. The molecule has 0 aliphatic heterocycles. The highest BCUT2D eigenvalue weighted by molar-refractivity contribution is 6.07. The van der Waals surface area contributed by atoms with Gasteiger partial charge in [0.05, 0.1) is 5.39 Å². The zero-order valence-corrected chi connectivity index (χ0v) is 16.2. The SMILES string of the molecule is Cc1onc(-c2ccccc2)c1C(=O)NNC(=O)c1nn(C)c(=O)c2ccccc12. The molecule has 9 heteroatoms. The van der Waals surface area contributed by atoms with Crippen LogP contribution in [-0.4, -0.2) is 26.8 Å². The van der Waals surface area contributed by atoms with Gasteiger partial charge in [-0.05, 0) is 13.0 Å². The number of carbonyl (C=O) groups is 2. The fraction of sp³-hybridized carbons (Fsp3) is 0.0952. The lowest BCUT2D eigenvalue weighted by atomic mass is 10.1. The summed E-state index contributed by atoms with van der Waals surface area (Å²) in [6.07, 6.45) is 0. The number of rotatable bonds is 3. The van der Waals surface area contributed by atoms with Gasteiger partial charge in [-0.25, -0.2) is 4.68 Å². The first kappa shape index (κ1) is 19.1. The Morgan fingerprint density at radius 1 is 0.933 bits per heavy atom. The lowest BCUT2D eigenvalue weighted by Crippen LogP contribution is -2.43. The van der Waals surface area contributed by atoms with E-state index in [1.807, 2.05) is 18.2 Å². The first-order valence-corrected chi connectivity index (χ1v) is 9.06. The number of nitrogens with one attached hydrogen (secondary N) is 2. The summed E-state index contributed by atoms with van der Waals surface area (Å²) in [4.78, 5) is 37.6. The monoisotopic (exact) mass is 403 g/mol. The molecule has 2 amide bonds. The van der Waals surface area contributed by atoms with Gasteiger partial charge in [0, 0.05) is 18.0 Å². The van der Waals surface area contributed by atoms with Crippen molar-refractivity contribution in [3.05, 3.63) is 82.0 Å². The molecule has 2 heterocycles. The lowest BCUT2D eigenvalue weighted by molar-refractivity contribution is 0.0843. The van der Waals surface area contributed by atoms with E-state index in [4.69, 9.17) is 4.52 Å². The highest BCUT2D eigenvalue weighted by Gasteiger charge is 2.23. The van der Waals surface area contributed by atoms with Gasteiger partial charge in [0.1, 0.15) is 17.0 Å². The van der Waals surface area contributed by atoms with Crippen LogP contribution in [0.2, 0.25) is 0 Å². The molecule has 0 spiro atoms. The number of hydrazine groups is 1. The number of aromatic nitrogens is 3. The quantitative estimate of drug-likeness (QED) is 0.505. The Labute approximate surface area is 170 Å². The van der Waals surface area contributed by atoms with E-state index >= 15 is 0 Å². The zero-order valence-electron chi connectivity index (χ0n) is 16.2. The van der Waals surface area contributed by atoms with E-state index in [-0.39, 0.29) is 16.8 Å². The van der Waals surface area contributed by atoms with Gasteiger partial charge >= 0.3 is 0 Å². The third kappa shape index (κ3) is 3.32. The Morgan fingerprint density at radius 3 is 2.30 bits per heavy atom. The molecule has 0 unspecified atom stereocenters. The Kier molecular flexibility index (Phi) is 4.85. The molecule has 0 aliphatic carbocycles. The molecule has 0 atom stereocenters. The molecular weight excluding hydrogens is 386 g/mol. The summed E-state index contributed by atoms with van der Waals surface area (Å²) in [5, 5.41) is 8.73. The van der Waals surface area contributed by atoms with Crippen molar-refractivity contribution >= 4 is 22.6 Å². The maximum absolute atomic E-state index is 12.7. The molecule has 4 aromatic rings. The van der Waals surface area contributed by atoms with Crippen molar-refractivity contribution in [3.8, 4) is 11.3 Å². The van der Waals surface area contributed by atoms with Gasteiger partial charge in [-0.15, -0.1) is 0 Å². The van der Waals surface area contributed by atoms with E-state index in [2.05, 4.69) is 21.1 Å². The third-order valence-electron chi connectivity index (χ3n) is 4.60. The van der Waals surface area contributed by atoms with Crippen LogP contribution in [0.3, 0.4) is 0 Å². The Morgan fingerprint density at radius 2 is 1.57 bits per heavy atom. The molecule has 2 aromatic carbocycles. The average Bonchev–Trinajstić information content (AvgIpc) is 3.16. The minimum atomic E-state index is -0.662. The number of fused-ring (bicyclic) bond motifs is 1. The fourth-order valence-corrected chi connectivity index (χ4v) is 3.14. The summed E-state index contributed by atoms with van der Waals surface area (Å²) in [5.41, 5.74) is 5.68. The minimum absolute atomic E-state index is 0.0123. The van der Waals surface area contributed by atoms with Crippen molar-refractivity contribution in [2.75, 3.05) is 0 Å². The van der Waals surface area contributed by atoms with Crippen molar-refractivity contribution < 1.29 is 14.1 Å². The number of nitrogens with zero attached hydrogens (tertiary/aromatic N) is 3. The fourth-order valence-electron chi connectivity index (χ4n) is 3.14. The van der Waals surface area contributed by atoms with E-state index in [1.54, 1.807) is 43.3 Å². The summed E-state index contributed by atoms with van der Waals surface area (Å²) < 4.78 is 6.26. The van der Waals surface area contributed by atoms with E-state index in [1.165, 1.54) is 7.05 Å². The van der Waals surface area contributed by atoms with Crippen molar-refractivity contribution in [2.45, 2.75) is 6.92 Å². The van der Waals surface area contributed by atoms with Crippen LogP contribution in [0.4, 0.5) is 0 Å². The molecule has 9 nitrogen and oxygen atoms in total. The number of hydrogen-bond donors (Lipinski definition) is 2. The summed E-state index contributed by atoms with van der Waals surface area (Å²) in [6.45, 7) is 1.61. The Hall–Kier alpha value is -4.27. The van der Waals surface area contributed by atoms with E-state index < -0.39 is 11.8 Å². The number of aryl methyl sites for hydroxylation is 2. The predicted molar refractivity (Wildman–Crippen MR) is 109 cm³/mol. The maximum atomic E-state index is 12.7. The third-order valence-corrected chi connectivity index (χ3v) is 4.60. The van der Waals surface area contributed by atoms with Gasteiger partial charge in [-0.1, -0.05) is 53.7 Å². The van der Waals surface area contributed by atoms with Crippen LogP contribution in [0, 0.1) is 6.92 Å². The first-order chi connectivity index (χ1) is 14.5. The Balaban J connectivity index is 1.60. The van der Waals surface area contributed by atoms with Gasteiger partial charge in [0.25, 0.3) is 17.4 Å². The number of amides is 2. The molecule has 30 heavy (non-hydrogen) atoms. The molecule has 2 aromatic heterocycles. The molecule has 0 bridgehead atoms. The maximum Gasteiger partial charge on any atom is 0.290 e. The van der Waals surface area contributed by atoms with Crippen LogP contribution in [0.25, 0.3) is 22.0 Å². The number of hydrogen-bond acceptors (Lipinski definition) is 6. The minimum Gasteiger partial charge on any atom is -0.360 e. The van der Waals surface area contributed by atoms with Crippen LogP contribution in [0.15, 0.2) is 63.9 Å². The molecule has 2 N–H and O–H groups in total. The highest BCUT2D eigenvalue weighted by atomic mass is 16.5. The second-order valence-corrected chi connectivity index (χ2v) is 6.56. The summed E-state index contributed by atoms with van der Waals surface area (Å²) >= 11 is 0. The normalized spacial score (nSPS) is 10.7. The van der Waals surface area contributed by atoms with E-state index in [9.17, 15) is 14.4 Å². The molecule has 0 aliphatic rings. The van der Waals surface area contributed by atoms with Crippen molar-refractivity contribution in [2.24, 2.45) is 7.05 Å². The lowest BCUT2D eigenvalue weighted by Gasteiger charge is -2.10. The molecule has 0 saturated heterocycles. The van der Waals surface area contributed by atoms with Gasteiger partial charge in [-0.2, -0.15) is 5.10 Å². The largest absolute Gasteiger partial charge is 0.360 e. The molecule has 150 valence electrons. The van der Waals surface area contributed by atoms with Gasteiger partial charge in [-0.3, -0.25) is 25.2 Å². The van der Waals surface area contributed by atoms with Crippen LogP contribution < -0.4 is 16.4 Å². The van der Waals surface area contributed by atoms with E-state index in [0.717, 1.165) is 4.68 Å². The van der Waals surface area contributed by atoms with Gasteiger partial charge in [0.2, 0.25) is 0 Å². The molecule has 0 saturated carbocycles. The molecule has 4 rings (SSSR count). The molecular formula is C21H17N5O4. The van der Waals surface area contributed by atoms with Gasteiger partial charge < -0.3 is 4.52 Å². The van der Waals surface area contributed by atoms with Crippen molar-refractivity contribution in [1.29, 1.82) is 0 Å². The standard InChI is InChI=1S/C21H17N5O4/c1-12-16(17(25-30-12)13-8-4-3-5-9-13)19(27)22-23-20(28)18-14-10-6-7-11-15(14)21(29)26(2)24-18/h3-11H,1-2H3,(H,22,27)(H,23,28). The smallest absolute Gasteiger partial charge is 0.290 e. The topological polar surface area (TPSA) is 119 Å². The molecule has 0 fully saturated rings. The van der Waals surface area contributed by atoms with Crippen molar-refractivity contribution in [1.82, 2.24) is 25.8 Å². The second kappa shape index (κ2) is 7.63. The van der Waals surface area contributed by atoms with Crippen LogP contribution in [-0.2, 0) is 7.05 Å². The van der Waals surface area contributed by atoms with E-state index in [0.29, 0.717) is 27.8 Å². The number of carbonyl (C=O) groups excluding carboxylic acids is 2. The van der Waals surface area contributed by atoms with Crippen LogP contribution in [0.1, 0.15) is 26.6 Å². The highest BCUT2D eigenvalue weighted by Crippen LogP contribution is 2.24. The Bertz CT molecular complexity index is 1320. The number of benzene rings is 2.